The zero-order chi connectivity index (χ0) is 17.6. The van der Waals surface area contributed by atoms with Gasteiger partial charge >= 0.3 is 0 Å². The summed E-state index contributed by atoms with van der Waals surface area (Å²) in [6.45, 7) is 9.06. The van der Waals surface area contributed by atoms with E-state index < -0.39 is 0 Å². The number of rotatable bonds is 8. The molecule has 3 rings (SSSR count). The van der Waals surface area contributed by atoms with Crippen LogP contribution in [-0.2, 0) is 17.9 Å². The maximum absolute atomic E-state index is 6.06. The summed E-state index contributed by atoms with van der Waals surface area (Å²) >= 11 is 0. The topological polar surface area (TPSA) is 36.3 Å². The molecule has 4 heteroatoms. The Kier molecular flexibility index (Phi) is 5.71. The Morgan fingerprint density at radius 2 is 1.92 bits per heavy atom. The smallest absolute Gasteiger partial charge is 0.147 e. The highest BCUT2D eigenvalue weighted by atomic mass is 16.5. The van der Waals surface area contributed by atoms with Crippen molar-refractivity contribution in [3.63, 3.8) is 0 Å². The van der Waals surface area contributed by atoms with Gasteiger partial charge in [-0.2, -0.15) is 0 Å². The fourth-order valence-electron chi connectivity index (χ4n) is 3.06. The van der Waals surface area contributed by atoms with Gasteiger partial charge < -0.3 is 14.0 Å². The van der Waals surface area contributed by atoms with Crippen molar-refractivity contribution in [1.82, 2.24) is 9.55 Å². The second-order valence-corrected chi connectivity index (χ2v) is 6.28. The molecule has 0 aliphatic heterocycles. The Morgan fingerprint density at radius 1 is 1.08 bits per heavy atom. The fourth-order valence-corrected chi connectivity index (χ4v) is 3.06. The number of hydrogen-bond donors (Lipinski definition) is 0. The molecule has 0 fully saturated rings. The molecule has 0 aliphatic carbocycles. The van der Waals surface area contributed by atoms with E-state index in [1.54, 1.807) is 0 Å². The molecule has 0 unspecified atom stereocenters. The maximum Gasteiger partial charge on any atom is 0.147 e. The summed E-state index contributed by atoms with van der Waals surface area (Å²) < 4.78 is 13.8. The van der Waals surface area contributed by atoms with E-state index in [-0.39, 0.29) is 0 Å². The van der Waals surface area contributed by atoms with Crippen molar-refractivity contribution >= 4 is 11.0 Å². The van der Waals surface area contributed by atoms with Gasteiger partial charge in [-0.3, -0.25) is 0 Å². The lowest BCUT2D eigenvalue weighted by Gasteiger charge is -2.12. The third-order valence-corrected chi connectivity index (χ3v) is 4.30. The molecule has 0 aliphatic rings. The minimum atomic E-state index is 0.465. The molecular weight excluding hydrogens is 312 g/mol. The van der Waals surface area contributed by atoms with Gasteiger partial charge in [0.2, 0.25) is 0 Å². The van der Waals surface area contributed by atoms with E-state index >= 15 is 0 Å². The Bertz CT molecular complexity index is 839. The first kappa shape index (κ1) is 17.5. The lowest BCUT2D eigenvalue weighted by atomic mass is 10.1. The van der Waals surface area contributed by atoms with Crippen molar-refractivity contribution in [3.05, 3.63) is 59.4 Å². The van der Waals surface area contributed by atoms with Gasteiger partial charge in [-0.15, -0.1) is 0 Å². The summed E-state index contributed by atoms with van der Waals surface area (Å²) in [4.78, 5) is 4.77. The average molecular weight is 338 g/mol. The van der Waals surface area contributed by atoms with Gasteiger partial charge in [-0.05, 0) is 51.0 Å². The number of aromatic nitrogens is 2. The second-order valence-electron chi connectivity index (χ2n) is 6.28. The maximum atomic E-state index is 6.06. The van der Waals surface area contributed by atoms with Crippen molar-refractivity contribution in [2.75, 3.05) is 13.2 Å². The van der Waals surface area contributed by atoms with Crippen LogP contribution in [0.2, 0.25) is 0 Å². The van der Waals surface area contributed by atoms with Gasteiger partial charge in [0.25, 0.3) is 0 Å². The molecule has 3 aromatic rings. The Morgan fingerprint density at radius 3 is 2.72 bits per heavy atom. The van der Waals surface area contributed by atoms with Crippen molar-refractivity contribution < 1.29 is 9.47 Å². The number of hydrogen-bond acceptors (Lipinski definition) is 3. The fraction of sp³-hybridized carbons (Fsp3) is 0.381. The monoisotopic (exact) mass is 338 g/mol. The summed E-state index contributed by atoms with van der Waals surface area (Å²) in [6, 6.07) is 14.5. The molecule has 132 valence electrons. The Labute approximate surface area is 149 Å². The molecule has 0 saturated carbocycles. The molecule has 4 nitrogen and oxygen atoms in total. The van der Waals surface area contributed by atoms with E-state index in [0.717, 1.165) is 54.4 Å². The Balaban J connectivity index is 1.79. The highest BCUT2D eigenvalue weighted by Gasteiger charge is 2.11. The summed E-state index contributed by atoms with van der Waals surface area (Å²) in [7, 11) is 0. The molecular formula is C21H26N2O2. The molecule has 0 saturated heterocycles. The van der Waals surface area contributed by atoms with Crippen LogP contribution in [0.1, 0.15) is 30.3 Å². The highest BCUT2D eigenvalue weighted by Crippen LogP contribution is 2.22. The highest BCUT2D eigenvalue weighted by molar-refractivity contribution is 5.75. The van der Waals surface area contributed by atoms with Crippen LogP contribution in [0.4, 0.5) is 0 Å². The molecule has 1 aromatic heterocycles. The summed E-state index contributed by atoms with van der Waals surface area (Å²) in [5.74, 6) is 1.87. The van der Waals surface area contributed by atoms with Gasteiger partial charge in [-0.1, -0.05) is 29.8 Å². The molecule has 0 N–H and O–H groups in total. The van der Waals surface area contributed by atoms with Crippen LogP contribution in [0.3, 0.4) is 0 Å². The van der Waals surface area contributed by atoms with E-state index in [4.69, 9.17) is 14.5 Å². The molecule has 25 heavy (non-hydrogen) atoms. The van der Waals surface area contributed by atoms with Crippen LogP contribution in [0.25, 0.3) is 11.0 Å². The first-order chi connectivity index (χ1) is 12.2. The van der Waals surface area contributed by atoms with Crippen molar-refractivity contribution in [2.24, 2.45) is 0 Å². The second kappa shape index (κ2) is 8.17. The zero-order valence-corrected chi connectivity index (χ0v) is 15.3. The summed E-state index contributed by atoms with van der Waals surface area (Å²) in [6.07, 6.45) is 0.963. The third-order valence-electron chi connectivity index (χ3n) is 4.30. The van der Waals surface area contributed by atoms with Crippen molar-refractivity contribution in [3.8, 4) is 5.75 Å². The van der Waals surface area contributed by atoms with Gasteiger partial charge in [0.1, 0.15) is 18.2 Å². The molecule has 0 amide bonds. The number of para-hydroxylation sites is 2. The van der Waals surface area contributed by atoms with Gasteiger partial charge in [-0.25, -0.2) is 4.98 Å². The number of benzene rings is 2. The van der Waals surface area contributed by atoms with E-state index in [1.165, 1.54) is 5.56 Å². The molecule has 0 spiro atoms. The van der Waals surface area contributed by atoms with Crippen LogP contribution in [0, 0.1) is 13.8 Å². The molecule has 2 aromatic carbocycles. The minimum Gasteiger partial charge on any atom is -0.485 e. The van der Waals surface area contributed by atoms with Gasteiger partial charge in [0, 0.05) is 19.8 Å². The van der Waals surface area contributed by atoms with Crippen molar-refractivity contribution in [2.45, 2.75) is 40.3 Å². The van der Waals surface area contributed by atoms with E-state index in [2.05, 4.69) is 48.7 Å². The summed E-state index contributed by atoms with van der Waals surface area (Å²) in [5.41, 5.74) is 4.56. The number of ether oxygens (including phenoxy) is 2. The van der Waals surface area contributed by atoms with Crippen LogP contribution in [-0.4, -0.2) is 22.8 Å². The van der Waals surface area contributed by atoms with E-state index in [1.807, 2.05) is 19.1 Å². The molecule has 0 bridgehead atoms. The number of nitrogens with zero attached hydrogens (tertiary/aromatic N) is 2. The van der Waals surface area contributed by atoms with Gasteiger partial charge in [0.05, 0.1) is 11.0 Å². The summed E-state index contributed by atoms with van der Waals surface area (Å²) in [5, 5.41) is 0. The lowest BCUT2D eigenvalue weighted by molar-refractivity contribution is 0.141. The first-order valence-corrected chi connectivity index (χ1v) is 8.91. The predicted octanol–water partition coefficient (Wildman–Crippen LogP) is 4.66. The third kappa shape index (κ3) is 4.20. The SMILES string of the molecule is CCOCCCn1c(COc2ccc(C)cc2C)nc2ccccc21. The van der Waals surface area contributed by atoms with Crippen LogP contribution in [0.5, 0.6) is 5.75 Å². The largest absolute Gasteiger partial charge is 0.485 e. The standard InChI is InChI=1S/C21H26N2O2/c1-4-24-13-7-12-23-19-9-6-5-8-18(19)22-21(23)15-25-20-11-10-16(2)14-17(20)3/h5-6,8-11,14H,4,7,12-13,15H2,1-3H3. The zero-order valence-electron chi connectivity index (χ0n) is 15.3. The lowest BCUT2D eigenvalue weighted by Crippen LogP contribution is -2.09. The predicted molar refractivity (Wildman–Crippen MR) is 101 cm³/mol. The average Bonchev–Trinajstić information content (AvgIpc) is 2.96. The number of imidazole rings is 1. The van der Waals surface area contributed by atoms with E-state index in [9.17, 15) is 0 Å². The minimum absolute atomic E-state index is 0.465. The quantitative estimate of drug-likeness (QED) is 0.561. The molecule has 1 heterocycles. The molecule has 0 radical (unpaired) electrons. The molecule has 0 atom stereocenters. The van der Waals surface area contributed by atoms with Crippen LogP contribution < -0.4 is 4.74 Å². The van der Waals surface area contributed by atoms with Crippen molar-refractivity contribution in [1.29, 1.82) is 0 Å². The normalized spacial score (nSPS) is 11.2. The van der Waals surface area contributed by atoms with Gasteiger partial charge in [0.15, 0.2) is 0 Å². The number of aryl methyl sites for hydroxylation is 3. The van der Waals surface area contributed by atoms with E-state index in [0.29, 0.717) is 6.61 Å². The van der Waals surface area contributed by atoms with Crippen LogP contribution >= 0.6 is 0 Å². The first-order valence-electron chi connectivity index (χ1n) is 8.91. The van der Waals surface area contributed by atoms with Crippen LogP contribution in [0.15, 0.2) is 42.5 Å². The number of fused-ring (bicyclic) bond motifs is 1. The Hall–Kier alpha value is -2.33.